The van der Waals surface area contributed by atoms with E-state index in [0.717, 1.165) is 0 Å². The van der Waals surface area contributed by atoms with E-state index in [2.05, 4.69) is 62.4 Å². The largest absolute Gasteiger partial charge is 0.192 e. The minimum Gasteiger partial charge on any atom is -0.192 e. The molecule has 3 aliphatic rings. The van der Waals surface area contributed by atoms with E-state index in [0.29, 0.717) is 17.4 Å². The molecule has 0 saturated heterocycles. The van der Waals surface area contributed by atoms with Gasteiger partial charge in [-0.1, -0.05) is 62.7 Å². The van der Waals surface area contributed by atoms with Crippen molar-refractivity contribution in [3.05, 3.63) is 71.3 Å². The molecule has 0 N–H and O–H groups in total. The highest BCUT2D eigenvalue weighted by molar-refractivity contribution is 5.46. The van der Waals surface area contributed by atoms with Crippen LogP contribution in [0.25, 0.3) is 0 Å². The molecule has 0 radical (unpaired) electrons. The first-order chi connectivity index (χ1) is 12.6. The van der Waals surface area contributed by atoms with Crippen LogP contribution in [0.2, 0.25) is 0 Å². The van der Waals surface area contributed by atoms with E-state index in [1.165, 1.54) is 30.4 Å². The van der Waals surface area contributed by atoms with Crippen LogP contribution in [0.4, 0.5) is 0 Å². The highest BCUT2D eigenvalue weighted by Crippen LogP contribution is 2.77. The summed E-state index contributed by atoms with van der Waals surface area (Å²) in [6.07, 6.45) is 3.69. The average molecular weight is 341 g/mol. The van der Waals surface area contributed by atoms with Crippen molar-refractivity contribution >= 4 is 0 Å². The van der Waals surface area contributed by atoms with Crippen LogP contribution in [-0.4, -0.2) is 0 Å². The normalized spacial score (nSPS) is 36.0. The van der Waals surface area contributed by atoms with Crippen molar-refractivity contribution in [1.29, 1.82) is 5.26 Å². The van der Waals surface area contributed by atoms with E-state index < -0.39 is 0 Å². The van der Waals surface area contributed by atoms with Crippen LogP contribution in [0.15, 0.2) is 64.8 Å². The average Bonchev–Trinajstić information content (AvgIpc) is 3.30. The van der Waals surface area contributed by atoms with Gasteiger partial charge in [-0.05, 0) is 47.9 Å². The van der Waals surface area contributed by atoms with Crippen LogP contribution >= 0.6 is 0 Å². The van der Waals surface area contributed by atoms with Gasteiger partial charge in [-0.25, -0.2) is 0 Å². The van der Waals surface area contributed by atoms with Crippen molar-refractivity contribution in [3.8, 4) is 6.07 Å². The fourth-order valence-corrected chi connectivity index (χ4v) is 6.49. The summed E-state index contributed by atoms with van der Waals surface area (Å²) < 4.78 is 0. The van der Waals surface area contributed by atoms with Crippen LogP contribution in [-0.2, 0) is 11.1 Å². The molecule has 3 nitrogen and oxygen atoms in total. The van der Waals surface area contributed by atoms with Crippen molar-refractivity contribution in [2.45, 2.75) is 44.2 Å². The van der Waals surface area contributed by atoms with E-state index in [1.807, 2.05) is 12.1 Å². The number of nitriles is 1. The zero-order valence-corrected chi connectivity index (χ0v) is 15.3. The minimum absolute atomic E-state index is 0.106. The first-order valence-electron chi connectivity index (χ1n) is 9.58. The van der Waals surface area contributed by atoms with E-state index in [9.17, 15) is 5.26 Å². The molecule has 1 heterocycles. The zero-order valence-electron chi connectivity index (χ0n) is 15.3. The number of benzene rings is 2. The number of azo groups is 1. The summed E-state index contributed by atoms with van der Waals surface area (Å²) in [6, 6.07) is 21.1. The lowest BCUT2D eigenvalue weighted by molar-refractivity contribution is 0.140. The Morgan fingerprint density at radius 3 is 1.92 bits per heavy atom. The summed E-state index contributed by atoms with van der Waals surface area (Å²) >= 11 is 0. The molecule has 0 spiro atoms. The van der Waals surface area contributed by atoms with Gasteiger partial charge in [0.15, 0.2) is 0 Å². The molecule has 2 aromatic carbocycles. The third kappa shape index (κ3) is 1.55. The summed E-state index contributed by atoms with van der Waals surface area (Å²) in [6.45, 7) is 4.72. The lowest BCUT2D eigenvalue weighted by atomic mass is 9.61. The van der Waals surface area contributed by atoms with Gasteiger partial charge < -0.3 is 0 Å². The Labute approximate surface area is 154 Å². The quantitative estimate of drug-likeness (QED) is 0.704. The number of fused-ring (bicyclic) bond motifs is 5. The van der Waals surface area contributed by atoms with Crippen LogP contribution in [0, 0.1) is 28.6 Å². The van der Waals surface area contributed by atoms with Gasteiger partial charge in [0.2, 0.25) is 0 Å². The van der Waals surface area contributed by atoms with Gasteiger partial charge in [-0.2, -0.15) is 15.5 Å². The Kier molecular flexibility index (Phi) is 3.05. The second kappa shape index (κ2) is 5.04. The van der Waals surface area contributed by atoms with Crippen LogP contribution < -0.4 is 0 Å². The molecule has 0 aromatic heterocycles. The molecule has 2 fully saturated rings. The van der Waals surface area contributed by atoms with Crippen LogP contribution in [0.1, 0.15) is 49.8 Å². The minimum atomic E-state index is -0.294. The van der Waals surface area contributed by atoms with Gasteiger partial charge in [0.1, 0.15) is 11.1 Å². The van der Waals surface area contributed by atoms with Crippen LogP contribution in [0.5, 0.6) is 0 Å². The third-order valence-electron chi connectivity index (χ3n) is 7.53. The lowest BCUT2D eigenvalue weighted by Crippen LogP contribution is -2.44. The molecular weight excluding hydrogens is 318 g/mol. The van der Waals surface area contributed by atoms with Gasteiger partial charge in [-0.15, -0.1) is 0 Å². The zero-order chi connectivity index (χ0) is 18.0. The fraction of sp³-hybridized carbons (Fsp3) is 0.435. The molecular formula is C23H23N3. The maximum Gasteiger partial charge on any atom is 0.117 e. The third-order valence-corrected chi connectivity index (χ3v) is 7.53. The summed E-state index contributed by atoms with van der Waals surface area (Å²) in [4.78, 5) is 0. The second-order valence-corrected chi connectivity index (χ2v) is 8.56. The van der Waals surface area contributed by atoms with Gasteiger partial charge in [0, 0.05) is 5.41 Å². The molecule has 0 amide bonds. The molecule has 0 unspecified atom stereocenters. The molecule has 2 saturated carbocycles. The molecule has 2 aliphatic carbocycles. The Morgan fingerprint density at radius 2 is 1.38 bits per heavy atom. The van der Waals surface area contributed by atoms with Crippen molar-refractivity contribution in [2.24, 2.45) is 27.5 Å². The molecule has 3 heteroatoms. The number of rotatable bonds is 2. The number of nitrogens with zero attached hydrogens (tertiary/aromatic N) is 3. The Hall–Kier alpha value is -2.47. The van der Waals surface area contributed by atoms with Gasteiger partial charge in [0.25, 0.3) is 0 Å². The van der Waals surface area contributed by atoms with Gasteiger partial charge in [0.05, 0.1) is 11.6 Å². The number of hydrogen-bond acceptors (Lipinski definition) is 3. The Balaban J connectivity index is 1.75. The van der Waals surface area contributed by atoms with Crippen molar-refractivity contribution < 1.29 is 0 Å². The topological polar surface area (TPSA) is 48.5 Å². The smallest absolute Gasteiger partial charge is 0.117 e. The van der Waals surface area contributed by atoms with Crippen LogP contribution in [0.3, 0.4) is 0 Å². The van der Waals surface area contributed by atoms with E-state index in [1.54, 1.807) is 0 Å². The van der Waals surface area contributed by atoms with E-state index in [4.69, 9.17) is 10.2 Å². The molecule has 26 heavy (non-hydrogen) atoms. The molecule has 2 aromatic rings. The molecule has 5 rings (SSSR count). The van der Waals surface area contributed by atoms with Crippen molar-refractivity contribution in [3.63, 3.8) is 0 Å². The number of hydrogen-bond donors (Lipinski definition) is 0. The SMILES string of the molecule is CC1(C)[C@]2(c3ccc(C#N)cc3)N=N[C@@]1(c1ccccc1)[C@H]1CCC[C@H]12. The Morgan fingerprint density at radius 1 is 0.846 bits per heavy atom. The summed E-state index contributed by atoms with van der Waals surface area (Å²) in [5.41, 5.74) is 2.58. The lowest BCUT2D eigenvalue weighted by Gasteiger charge is -2.42. The maximum atomic E-state index is 9.17. The monoisotopic (exact) mass is 341 g/mol. The predicted molar refractivity (Wildman–Crippen MR) is 100 cm³/mol. The van der Waals surface area contributed by atoms with Gasteiger partial charge in [-0.3, -0.25) is 0 Å². The van der Waals surface area contributed by atoms with Gasteiger partial charge >= 0.3 is 0 Å². The molecule has 1 aliphatic heterocycles. The maximum absolute atomic E-state index is 9.17. The fourth-order valence-electron chi connectivity index (χ4n) is 6.49. The molecule has 130 valence electrons. The molecule has 2 bridgehead atoms. The highest BCUT2D eigenvalue weighted by atomic mass is 15.3. The first-order valence-corrected chi connectivity index (χ1v) is 9.58. The molecule has 4 atom stereocenters. The summed E-state index contributed by atoms with van der Waals surface area (Å²) in [5.74, 6) is 1.05. The van der Waals surface area contributed by atoms with Crippen molar-refractivity contribution in [1.82, 2.24) is 0 Å². The summed E-state index contributed by atoms with van der Waals surface area (Å²) in [5, 5.41) is 19.3. The van der Waals surface area contributed by atoms with E-state index in [-0.39, 0.29) is 16.5 Å². The van der Waals surface area contributed by atoms with E-state index >= 15 is 0 Å². The van der Waals surface area contributed by atoms with Crippen molar-refractivity contribution in [2.75, 3.05) is 0 Å². The summed E-state index contributed by atoms with van der Waals surface area (Å²) in [7, 11) is 0. The second-order valence-electron chi connectivity index (χ2n) is 8.56. The predicted octanol–water partition coefficient (Wildman–Crippen LogP) is 5.57. The highest BCUT2D eigenvalue weighted by Gasteiger charge is 2.78. The Bertz CT molecular complexity index is 922. The standard InChI is InChI=1S/C23H23N3/c1-21(2)22(17-7-4-3-5-8-17)19-9-6-10-20(19)23(21,26-25-22)18-13-11-16(15-24)12-14-18/h3-5,7-8,11-14,19-20H,6,9-10H2,1-2H3/t19-,20+,22-,23+/m0/s1. The first kappa shape index (κ1) is 15.8.